The molecule has 2 rings (SSSR count). The zero-order valence-electron chi connectivity index (χ0n) is 10.6. The third-order valence-electron chi connectivity index (χ3n) is 3.36. The Morgan fingerprint density at radius 2 is 1.84 bits per heavy atom. The van der Waals surface area contributed by atoms with E-state index in [1.807, 2.05) is 0 Å². The van der Waals surface area contributed by atoms with Gasteiger partial charge in [-0.2, -0.15) is 0 Å². The fourth-order valence-electron chi connectivity index (χ4n) is 2.29. The molecule has 1 aliphatic rings. The maximum Gasteiger partial charge on any atom is 0.269 e. The van der Waals surface area contributed by atoms with Crippen LogP contribution in [0.25, 0.3) is 0 Å². The van der Waals surface area contributed by atoms with Crippen LogP contribution in [0.5, 0.6) is 0 Å². The van der Waals surface area contributed by atoms with Crippen LogP contribution in [0, 0.1) is 5.92 Å². The average Bonchev–Trinajstić information content (AvgIpc) is 2.45. The molecule has 0 radical (unpaired) electrons. The number of carbonyl (C=O) groups is 2. The number of nitrogens with one attached hydrogen (secondary N) is 2. The van der Waals surface area contributed by atoms with E-state index < -0.39 is 0 Å². The SMILES string of the molecule is O=C(NNC(=O)C1CCCCC1)c1cccc(Cl)c1. The van der Waals surface area contributed by atoms with Crippen molar-refractivity contribution in [3.05, 3.63) is 34.9 Å². The summed E-state index contributed by atoms with van der Waals surface area (Å²) in [7, 11) is 0. The molecular weight excluding hydrogens is 264 g/mol. The van der Waals surface area contributed by atoms with E-state index in [0.29, 0.717) is 10.6 Å². The molecule has 2 amide bonds. The van der Waals surface area contributed by atoms with Crippen LogP contribution >= 0.6 is 11.6 Å². The number of halogens is 1. The quantitative estimate of drug-likeness (QED) is 0.818. The van der Waals surface area contributed by atoms with E-state index in [2.05, 4.69) is 10.9 Å². The van der Waals surface area contributed by atoms with E-state index in [0.717, 1.165) is 25.7 Å². The van der Waals surface area contributed by atoms with Crippen molar-refractivity contribution in [3.8, 4) is 0 Å². The second-order valence-electron chi connectivity index (χ2n) is 4.79. The molecule has 2 N–H and O–H groups in total. The molecule has 0 aromatic heterocycles. The van der Waals surface area contributed by atoms with E-state index in [1.165, 1.54) is 6.42 Å². The zero-order chi connectivity index (χ0) is 13.7. The van der Waals surface area contributed by atoms with Crippen LogP contribution in [0.15, 0.2) is 24.3 Å². The minimum atomic E-state index is -0.355. The van der Waals surface area contributed by atoms with Gasteiger partial charge in [0.1, 0.15) is 0 Å². The van der Waals surface area contributed by atoms with Crippen molar-refractivity contribution < 1.29 is 9.59 Å². The Kier molecular flexibility index (Phi) is 4.80. The Labute approximate surface area is 117 Å². The number of rotatable bonds is 2. The second kappa shape index (κ2) is 6.57. The van der Waals surface area contributed by atoms with Gasteiger partial charge < -0.3 is 0 Å². The highest BCUT2D eigenvalue weighted by Crippen LogP contribution is 2.23. The highest BCUT2D eigenvalue weighted by atomic mass is 35.5. The van der Waals surface area contributed by atoms with Crippen molar-refractivity contribution in [3.63, 3.8) is 0 Å². The number of benzene rings is 1. The minimum Gasteiger partial charge on any atom is -0.273 e. The number of hydrogen-bond donors (Lipinski definition) is 2. The van der Waals surface area contributed by atoms with Crippen molar-refractivity contribution in [1.82, 2.24) is 10.9 Å². The molecule has 0 aliphatic heterocycles. The maximum atomic E-state index is 11.8. The van der Waals surface area contributed by atoms with Crippen LogP contribution in [0.2, 0.25) is 5.02 Å². The molecule has 1 fully saturated rings. The average molecular weight is 281 g/mol. The Bertz CT molecular complexity index is 470. The first-order chi connectivity index (χ1) is 9.16. The number of carbonyl (C=O) groups excluding carboxylic acids is 2. The minimum absolute atomic E-state index is 0.0217. The van der Waals surface area contributed by atoms with Gasteiger partial charge in [0.05, 0.1) is 0 Å². The van der Waals surface area contributed by atoms with Crippen LogP contribution in [0.1, 0.15) is 42.5 Å². The predicted octanol–water partition coefficient (Wildman–Crippen LogP) is 2.68. The third kappa shape index (κ3) is 3.96. The summed E-state index contributed by atoms with van der Waals surface area (Å²) < 4.78 is 0. The molecule has 19 heavy (non-hydrogen) atoms. The molecule has 0 bridgehead atoms. The molecule has 0 atom stereocenters. The van der Waals surface area contributed by atoms with E-state index in [4.69, 9.17) is 11.6 Å². The lowest BCUT2D eigenvalue weighted by Gasteiger charge is -2.20. The molecule has 5 heteroatoms. The van der Waals surface area contributed by atoms with Crippen molar-refractivity contribution >= 4 is 23.4 Å². The van der Waals surface area contributed by atoms with Gasteiger partial charge in [0.15, 0.2) is 0 Å². The molecule has 0 saturated heterocycles. The Morgan fingerprint density at radius 3 is 2.53 bits per heavy atom. The summed E-state index contributed by atoms with van der Waals surface area (Å²) in [5, 5.41) is 0.492. The smallest absolute Gasteiger partial charge is 0.269 e. The van der Waals surface area contributed by atoms with Gasteiger partial charge in [0.2, 0.25) is 5.91 Å². The lowest BCUT2D eigenvalue weighted by molar-refractivity contribution is -0.126. The van der Waals surface area contributed by atoms with Gasteiger partial charge in [-0.1, -0.05) is 36.9 Å². The van der Waals surface area contributed by atoms with Crippen LogP contribution in [-0.2, 0) is 4.79 Å². The highest BCUT2D eigenvalue weighted by molar-refractivity contribution is 6.30. The monoisotopic (exact) mass is 280 g/mol. The van der Waals surface area contributed by atoms with Crippen molar-refractivity contribution in [1.29, 1.82) is 0 Å². The Balaban J connectivity index is 1.84. The van der Waals surface area contributed by atoms with Crippen molar-refractivity contribution in [2.45, 2.75) is 32.1 Å². The molecule has 1 saturated carbocycles. The largest absolute Gasteiger partial charge is 0.273 e. The van der Waals surface area contributed by atoms with E-state index in [-0.39, 0.29) is 17.7 Å². The lowest BCUT2D eigenvalue weighted by Crippen LogP contribution is -2.44. The van der Waals surface area contributed by atoms with E-state index in [1.54, 1.807) is 24.3 Å². The second-order valence-corrected chi connectivity index (χ2v) is 5.23. The van der Waals surface area contributed by atoms with Crippen LogP contribution in [0.3, 0.4) is 0 Å². The van der Waals surface area contributed by atoms with E-state index >= 15 is 0 Å². The molecule has 0 unspecified atom stereocenters. The van der Waals surface area contributed by atoms with Crippen LogP contribution in [-0.4, -0.2) is 11.8 Å². The first-order valence-electron chi connectivity index (χ1n) is 6.52. The summed E-state index contributed by atoms with van der Waals surface area (Å²) in [6, 6.07) is 6.59. The van der Waals surface area contributed by atoms with Gasteiger partial charge in [0.25, 0.3) is 5.91 Å². The van der Waals surface area contributed by atoms with Gasteiger partial charge in [-0.15, -0.1) is 0 Å². The first kappa shape index (κ1) is 13.9. The molecular formula is C14H17ClN2O2. The summed E-state index contributed by atoms with van der Waals surface area (Å²) in [5.74, 6) is -0.435. The molecule has 0 spiro atoms. The standard InChI is InChI=1S/C14H17ClN2O2/c15-12-8-4-7-11(9-12)14(19)17-16-13(18)10-5-2-1-3-6-10/h4,7-10H,1-3,5-6H2,(H,16,18)(H,17,19). The Morgan fingerprint density at radius 1 is 1.11 bits per heavy atom. The zero-order valence-corrected chi connectivity index (χ0v) is 11.4. The number of amides is 2. The van der Waals surface area contributed by atoms with Gasteiger partial charge in [-0.25, -0.2) is 0 Å². The van der Waals surface area contributed by atoms with Gasteiger partial charge in [-0.3, -0.25) is 20.4 Å². The maximum absolute atomic E-state index is 11.8. The van der Waals surface area contributed by atoms with Gasteiger partial charge >= 0.3 is 0 Å². The highest BCUT2D eigenvalue weighted by Gasteiger charge is 2.21. The lowest BCUT2D eigenvalue weighted by atomic mass is 9.89. The molecule has 102 valence electrons. The van der Waals surface area contributed by atoms with Crippen molar-refractivity contribution in [2.24, 2.45) is 5.92 Å². The molecule has 4 nitrogen and oxygen atoms in total. The summed E-state index contributed by atoms with van der Waals surface area (Å²) in [6.45, 7) is 0. The first-order valence-corrected chi connectivity index (χ1v) is 6.90. The summed E-state index contributed by atoms with van der Waals surface area (Å²) in [4.78, 5) is 23.6. The molecule has 1 aromatic carbocycles. The van der Waals surface area contributed by atoms with E-state index in [9.17, 15) is 9.59 Å². The molecule has 1 aromatic rings. The van der Waals surface area contributed by atoms with Crippen molar-refractivity contribution in [2.75, 3.05) is 0 Å². The normalized spacial score (nSPS) is 15.8. The fraction of sp³-hybridized carbons (Fsp3) is 0.429. The van der Waals surface area contributed by atoms with Gasteiger partial charge in [-0.05, 0) is 31.0 Å². The number of hydrazine groups is 1. The topological polar surface area (TPSA) is 58.2 Å². The molecule has 1 aliphatic carbocycles. The Hall–Kier alpha value is -1.55. The predicted molar refractivity (Wildman–Crippen MR) is 73.6 cm³/mol. The number of hydrogen-bond acceptors (Lipinski definition) is 2. The fourth-order valence-corrected chi connectivity index (χ4v) is 2.48. The summed E-state index contributed by atoms with van der Waals surface area (Å²) in [5.41, 5.74) is 5.34. The molecule has 0 heterocycles. The van der Waals surface area contributed by atoms with Crippen LogP contribution in [0.4, 0.5) is 0 Å². The van der Waals surface area contributed by atoms with Crippen LogP contribution < -0.4 is 10.9 Å². The summed E-state index contributed by atoms with van der Waals surface area (Å²) in [6.07, 6.45) is 5.16. The van der Waals surface area contributed by atoms with Gasteiger partial charge in [0, 0.05) is 16.5 Å². The summed E-state index contributed by atoms with van der Waals surface area (Å²) >= 11 is 5.81. The third-order valence-corrected chi connectivity index (χ3v) is 3.60.